The summed E-state index contributed by atoms with van der Waals surface area (Å²) < 4.78 is 61.4. The van der Waals surface area contributed by atoms with Gasteiger partial charge in [-0.25, -0.2) is 8.42 Å². The van der Waals surface area contributed by atoms with Crippen LogP contribution in [0.5, 0.6) is 0 Å². The van der Waals surface area contributed by atoms with Gasteiger partial charge in [0.2, 0.25) is 5.91 Å². The van der Waals surface area contributed by atoms with Crippen molar-refractivity contribution in [1.82, 2.24) is 4.90 Å². The number of halogens is 3. The predicted molar refractivity (Wildman–Crippen MR) is 79.8 cm³/mol. The number of carbonyl (C=O) groups excluding carboxylic acids is 1. The molecule has 9 heteroatoms. The number of sulfone groups is 1. The van der Waals surface area contributed by atoms with Crippen molar-refractivity contribution in [2.24, 2.45) is 0 Å². The monoisotopic (exact) mass is 350 g/mol. The van der Waals surface area contributed by atoms with Gasteiger partial charge in [-0.05, 0) is 25.6 Å². The number of hydrogen-bond donors (Lipinski definition) is 1. The molecule has 0 spiro atoms. The fourth-order valence-corrected chi connectivity index (χ4v) is 4.31. The summed E-state index contributed by atoms with van der Waals surface area (Å²) in [4.78, 5) is 13.5. The Balaban J connectivity index is 2.01. The van der Waals surface area contributed by atoms with E-state index in [4.69, 9.17) is 0 Å². The summed E-state index contributed by atoms with van der Waals surface area (Å²) in [6.45, 7) is -0.174. The van der Waals surface area contributed by atoms with Gasteiger partial charge in [-0.1, -0.05) is 12.1 Å². The van der Waals surface area contributed by atoms with Crippen LogP contribution in [0.1, 0.15) is 12.0 Å². The Morgan fingerprint density at radius 1 is 1.35 bits per heavy atom. The molecule has 0 bridgehead atoms. The van der Waals surface area contributed by atoms with Crippen LogP contribution in [0.4, 0.5) is 18.9 Å². The number of amides is 1. The van der Waals surface area contributed by atoms with E-state index in [1.807, 2.05) is 0 Å². The molecule has 1 fully saturated rings. The Labute approximate surface area is 132 Å². The van der Waals surface area contributed by atoms with E-state index in [1.54, 1.807) is 11.9 Å². The van der Waals surface area contributed by atoms with Crippen LogP contribution in [0.25, 0.3) is 0 Å². The van der Waals surface area contributed by atoms with Gasteiger partial charge < -0.3 is 5.32 Å². The number of alkyl halides is 3. The second-order valence-electron chi connectivity index (χ2n) is 5.56. The Bertz CT molecular complexity index is 689. The predicted octanol–water partition coefficient (Wildman–Crippen LogP) is 1.76. The lowest BCUT2D eigenvalue weighted by molar-refractivity contribution is -0.137. The molecule has 1 unspecified atom stereocenters. The van der Waals surface area contributed by atoms with E-state index < -0.39 is 27.5 Å². The van der Waals surface area contributed by atoms with Crippen LogP contribution in [0.15, 0.2) is 24.3 Å². The van der Waals surface area contributed by atoms with Crippen molar-refractivity contribution >= 4 is 21.4 Å². The van der Waals surface area contributed by atoms with E-state index in [2.05, 4.69) is 5.32 Å². The first kappa shape index (κ1) is 17.7. The fourth-order valence-electron chi connectivity index (χ4n) is 2.51. The third kappa shape index (κ3) is 4.68. The van der Waals surface area contributed by atoms with Crippen molar-refractivity contribution in [3.05, 3.63) is 29.8 Å². The molecule has 0 aliphatic carbocycles. The van der Waals surface area contributed by atoms with Crippen LogP contribution in [0.2, 0.25) is 0 Å². The van der Waals surface area contributed by atoms with Gasteiger partial charge in [0.15, 0.2) is 9.84 Å². The summed E-state index contributed by atoms with van der Waals surface area (Å²) in [5.74, 6) is -0.579. The van der Waals surface area contributed by atoms with Crippen LogP contribution in [0.3, 0.4) is 0 Å². The zero-order chi connectivity index (χ0) is 17.3. The summed E-state index contributed by atoms with van der Waals surface area (Å²) in [7, 11) is -1.50. The molecule has 1 amide bonds. The molecule has 1 N–H and O–H groups in total. The normalized spacial score (nSPS) is 20.7. The summed E-state index contributed by atoms with van der Waals surface area (Å²) in [6, 6.07) is 4.43. The molecule has 23 heavy (non-hydrogen) atoms. The minimum atomic E-state index is -4.56. The van der Waals surface area contributed by atoms with Crippen LogP contribution in [-0.2, 0) is 20.8 Å². The average molecular weight is 350 g/mol. The summed E-state index contributed by atoms with van der Waals surface area (Å²) in [6.07, 6.45) is -4.14. The van der Waals surface area contributed by atoms with Gasteiger partial charge in [-0.3, -0.25) is 9.69 Å². The number of rotatable bonds is 4. The number of nitrogens with one attached hydrogen (secondary N) is 1. The largest absolute Gasteiger partial charge is 0.418 e. The zero-order valence-electron chi connectivity index (χ0n) is 12.4. The molecule has 1 aliphatic rings. The van der Waals surface area contributed by atoms with Gasteiger partial charge in [0, 0.05) is 6.04 Å². The molecule has 1 aliphatic heterocycles. The van der Waals surface area contributed by atoms with E-state index in [1.165, 1.54) is 18.2 Å². The summed E-state index contributed by atoms with van der Waals surface area (Å²) in [5.41, 5.74) is -1.23. The lowest BCUT2D eigenvalue weighted by atomic mass is 10.1. The lowest BCUT2D eigenvalue weighted by Crippen LogP contribution is -2.38. The van der Waals surface area contributed by atoms with E-state index in [0.29, 0.717) is 6.42 Å². The quantitative estimate of drug-likeness (QED) is 0.899. The molecule has 0 saturated carbocycles. The molecule has 1 aromatic rings. The van der Waals surface area contributed by atoms with Crippen molar-refractivity contribution < 1.29 is 26.4 Å². The maximum absolute atomic E-state index is 12.9. The number of anilines is 1. The number of likely N-dealkylation sites (N-methyl/N-ethyl adjacent to an activating group) is 1. The second-order valence-corrected chi connectivity index (χ2v) is 7.79. The second kappa shape index (κ2) is 6.48. The molecule has 1 saturated heterocycles. The summed E-state index contributed by atoms with van der Waals surface area (Å²) >= 11 is 0. The molecule has 0 aromatic heterocycles. The van der Waals surface area contributed by atoms with Crippen LogP contribution in [-0.4, -0.2) is 50.4 Å². The molecule has 5 nitrogen and oxygen atoms in total. The highest BCUT2D eigenvalue weighted by atomic mass is 32.2. The zero-order valence-corrected chi connectivity index (χ0v) is 13.2. The molecular weight excluding hydrogens is 333 g/mol. The highest BCUT2D eigenvalue weighted by Gasteiger charge is 2.34. The Hall–Kier alpha value is -1.61. The SMILES string of the molecule is CN(CC(=O)Nc1ccccc1C(F)(F)F)C1CCS(=O)(=O)C1. The standard InChI is InChI=1S/C14H17F3N2O3S/c1-19(10-6-7-23(21,22)9-10)8-13(20)18-12-5-3-2-4-11(12)14(15,16)17/h2-5,10H,6-9H2,1H3,(H,18,20). The van der Waals surface area contributed by atoms with Gasteiger partial charge in [-0.2, -0.15) is 13.2 Å². The highest BCUT2D eigenvalue weighted by Crippen LogP contribution is 2.34. The molecule has 2 rings (SSSR count). The Morgan fingerprint density at radius 2 is 2.00 bits per heavy atom. The first-order valence-electron chi connectivity index (χ1n) is 6.95. The topological polar surface area (TPSA) is 66.5 Å². The number of hydrogen-bond acceptors (Lipinski definition) is 4. The number of para-hydroxylation sites is 1. The minimum absolute atomic E-state index is 0.0318. The minimum Gasteiger partial charge on any atom is -0.324 e. The van der Waals surface area contributed by atoms with Gasteiger partial charge in [0.05, 0.1) is 29.3 Å². The van der Waals surface area contributed by atoms with E-state index in [-0.39, 0.29) is 29.8 Å². The molecule has 1 heterocycles. The first-order chi connectivity index (χ1) is 10.6. The first-order valence-corrected chi connectivity index (χ1v) is 8.77. The molecule has 1 aromatic carbocycles. The molecule has 1 atom stereocenters. The number of benzene rings is 1. The highest BCUT2D eigenvalue weighted by molar-refractivity contribution is 7.91. The Kier molecular flexibility index (Phi) is 5.00. The molecule has 0 radical (unpaired) electrons. The van der Waals surface area contributed by atoms with Crippen LogP contribution in [0, 0.1) is 0 Å². The van der Waals surface area contributed by atoms with Gasteiger partial charge in [-0.15, -0.1) is 0 Å². The van der Waals surface area contributed by atoms with Gasteiger partial charge in [0.1, 0.15) is 0 Å². The smallest absolute Gasteiger partial charge is 0.324 e. The van der Waals surface area contributed by atoms with Crippen LogP contribution >= 0.6 is 0 Å². The number of nitrogens with zero attached hydrogens (tertiary/aromatic N) is 1. The third-order valence-electron chi connectivity index (χ3n) is 3.73. The summed E-state index contributed by atoms with van der Waals surface area (Å²) in [5, 5.41) is 2.24. The van der Waals surface area contributed by atoms with Gasteiger partial charge in [0.25, 0.3) is 0 Å². The van der Waals surface area contributed by atoms with E-state index in [0.717, 1.165) is 6.07 Å². The molecular formula is C14H17F3N2O3S. The van der Waals surface area contributed by atoms with E-state index in [9.17, 15) is 26.4 Å². The fraction of sp³-hybridized carbons (Fsp3) is 0.500. The average Bonchev–Trinajstić information content (AvgIpc) is 2.78. The lowest BCUT2D eigenvalue weighted by Gasteiger charge is -2.22. The maximum atomic E-state index is 12.9. The molecule has 128 valence electrons. The van der Waals surface area contributed by atoms with Gasteiger partial charge >= 0.3 is 6.18 Å². The maximum Gasteiger partial charge on any atom is 0.418 e. The van der Waals surface area contributed by atoms with Crippen molar-refractivity contribution in [2.45, 2.75) is 18.6 Å². The number of carbonyl (C=O) groups is 1. The van der Waals surface area contributed by atoms with Crippen molar-refractivity contribution in [3.8, 4) is 0 Å². The third-order valence-corrected chi connectivity index (χ3v) is 5.48. The van der Waals surface area contributed by atoms with E-state index >= 15 is 0 Å². The van der Waals surface area contributed by atoms with Crippen LogP contribution < -0.4 is 5.32 Å². The van der Waals surface area contributed by atoms with Crippen molar-refractivity contribution in [1.29, 1.82) is 0 Å². The van der Waals surface area contributed by atoms with Crippen molar-refractivity contribution in [3.63, 3.8) is 0 Å². The van der Waals surface area contributed by atoms with Crippen molar-refractivity contribution in [2.75, 3.05) is 30.4 Å². The Morgan fingerprint density at radius 3 is 2.57 bits per heavy atom.